The standard InChI is InChI=1S/C13H18F2N2O3S/c1-4-17(7-8(2)3)13(18)9-5-12(21(16,19)20)11(15)6-10(9)14/h5-6,8H,4,7H2,1-3H3,(H2,16,19,20). The van der Waals surface area contributed by atoms with Crippen molar-refractivity contribution in [3.05, 3.63) is 29.3 Å². The highest BCUT2D eigenvalue weighted by Crippen LogP contribution is 2.20. The largest absolute Gasteiger partial charge is 0.339 e. The van der Waals surface area contributed by atoms with Crippen LogP contribution in [0.25, 0.3) is 0 Å². The quantitative estimate of drug-likeness (QED) is 0.897. The van der Waals surface area contributed by atoms with Gasteiger partial charge in [-0.2, -0.15) is 0 Å². The van der Waals surface area contributed by atoms with Gasteiger partial charge in [-0.1, -0.05) is 13.8 Å². The molecular formula is C13H18F2N2O3S. The van der Waals surface area contributed by atoms with E-state index in [9.17, 15) is 22.0 Å². The third-order valence-corrected chi connectivity index (χ3v) is 3.74. The highest BCUT2D eigenvalue weighted by atomic mass is 32.2. The van der Waals surface area contributed by atoms with Gasteiger partial charge in [0.2, 0.25) is 10.0 Å². The zero-order valence-corrected chi connectivity index (χ0v) is 12.9. The predicted molar refractivity (Wildman–Crippen MR) is 74.1 cm³/mol. The Balaban J connectivity index is 3.33. The Kier molecular flexibility index (Phi) is 5.41. The minimum atomic E-state index is -4.37. The molecule has 118 valence electrons. The molecule has 5 nitrogen and oxygen atoms in total. The second-order valence-electron chi connectivity index (χ2n) is 5.05. The molecule has 1 aromatic rings. The van der Waals surface area contributed by atoms with Gasteiger partial charge in [0.15, 0.2) is 0 Å². The normalized spacial score (nSPS) is 11.8. The molecule has 0 saturated heterocycles. The molecule has 0 spiro atoms. The molecule has 8 heteroatoms. The van der Waals surface area contributed by atoms with Gasteiger partial charge in [0.25, 0.3) is 5.91 Å². The smallest absolute Gasteiger partial charge is 0.256 e. The van der Waals surface area contributed by atoms with Crippen LogP contribution in [0.5, 0.6) is 0 Å². The number of amides is 1. The number of carbonyl (C=O) groups excluding carboxylic acids is 1. The Morgan fingerprint density at radius 3 is 2.29 bits per heavy atom. The lowest BCUT2D eigenvalue weighted by molar-refractivity contribution is 0.0740. The van der Waals surface area contributed by atoms with Crippen LogP contribution in [0.2, 0.25) is 0 Å². The van der Waals surface area contributed by atoms with Gasteiger partial charge in [0.1, 0.15) is 16.5 Å². The van der Waals surface area contributed by atoms with Crippen molar-refractivity contribution in [2.75, 3.05) is 13.1 Å². The lowest BCUT2D eigenvalue weighted by atomic mass is 10.1. The molecule has 0 unspecified atom stereocenters. The molecule has 1 aromatic carbocycles. The fraction of sp³-hybridized carbons (Fsp3) is 0.462. The molecule has 0 fully saturated rings. The number of hydrogen-bond acceptors (Lipinski definition) is 3. The number of nitrogens with two attached hydrogens (primary N) is 1. The van der Waals surface area contributed by atoms with E-state index in [0.717, 1.165) is 0 Å². The van der Waals surface area contributed by atoms with E-state index in [2.05, 4.69) is 0 Å². The zero-order valence-electron chi connectivity index (χ0n) is 12.1. The van der Waals surface area contributed by atoms with Crippen molar-refractivity contribution >= 4 is 15.9 Å². The molecule has 21 heavy (non-hydrogen) atoms. The fourth-order valence-electron chi connectivity index (χ4n) is 1.88. The van der Waals surface area contributed by atoms with Crippen LogP contribution in [0.15, 0.2) is 17.0 Å². The topological polar surface area (TPSA) is 80.5 Å². The highest BCUT2D eigenvalue weighted by Gasteiger charge is 2.24. The number of nitrogens with zero attached hydrogens (tertiary/aromatic N) is 1. The van der Waals surface area contributed by atoms with Crippen molar-refractivity contribution in [3.63, 3.8) is 0 Å². The first-order chi connectivity index (χ1) is 9.57. The van der Waals surface area contributed by atoms with E-state index in [1.54, 1.807) is 6.92 Å². The first-order valence-corrected chi connectivity index (χ1v) is 7.93. The van der Waals surface area contributed by atoms with Gasteiger partial charge in [-0.15, -0.1) is 0 Å². The monoisotopic (exact) mass is 320 g/mol. The van der Waals surface area contributed by atoms with E-state index in [0.29, 0.717) is 25.2 Å². The van der Waals surface area contributed by atoms with Crippen LogP contribution in [0.1, 0.15) is 31.1 Å². The lowest BCUT2D eigenvalue weighted by Crippen LogP contribution is -2.34. The summed E-state index contributed by atoms with van der Waals surface area (Å²) in [6, 6.07) is 1.00. The first-order valence-electron chi connectivity index (χ1n) is 6.39. The molecule has 1 rings (SSSR count). The molecule has 0 heterocycles. The summed E-state index contributed by atoms with van der Waals surface area (Å²) in [4.78, 5) is 12.7. The van der Waals surface area contributed by atoms with Crippen LogP contribution in [0.4, 0.5) is 8.78 Å². The molecule has 0 aliphatic heterocycles. The van der Waals surface area contributed by atoms with Crippen molar-refractivity contribution in [1.82, 2.24) is 4.90 Å². The number of hydrogen-bond donors (Lipinski definition) is 1. The average Bonchev–Trinajstić information content (AvgIpc) is 2.33. The van der Waals surface area contributed by atoms with Gasteiger partial charge in [0.05, 0.1) is 5.56 Å². The molecule has 0 bridgehead atoms. The predicted octanol–water partition coefficient (Wildman–Crippen LogP) is 1.73. The maximum atomic E-state index is 13.8. The SMILES string of the molecule is CCN(CC(C)C)C(=O)c1cc(S(N)(=O)=O)c(F)cc1F. The number of primary sulfonamides is 1. The summed E-state index contributed by atoms with van der Waals surface area (Å²) in [7, 11) is -4.37. The molecule has 0 saturated carbocycles. The van der Waals surface area contributed by atoms with Gasteiger partial charge in [-0.3, -0.25) is 4.79 Å². The number of benzene rings is 1. The van der Waals surface area contributed by atoms with Crippen LogP contribution in [0.3, 0.4) is 0 Å². The molecule has 0 aliphatic carbocycles. The second-order valence-corrected chi connectivity index (χ2v) is 6.57. The summed E-state index contributed by atoms with van der Waals surface area (Å²) in [5.74, 6) is -2.99. The van der Waals surface area contributed by atoms with E-state index >= 15 is 0 Å². The zero-order chi connectivity index (χ0) is 16.4. The second kappa shape index (κ2) is 6.48. The Labute approximate surface area is 122 Å². The molecule has 1 amide bonds. The number of halogens is 2. The maximum absolute atomic E-state index is 13.8. The molecule has 2 N–H and O–H groups in total. The van der Waals surface area contributed by atoms with E-state index in [-0.39, 0.29) is 5.92 Å². The third kappa shape index (κ3) is 4.21. The number of carbonyl (C=O) groups is 1. The van der Waals surface area contributed by atoms with Crippen LogP contribution >= 0.6 is 0 Å². The summed E-state index contributed by atoms with van der Waals surface area (Å²) < 4.78 is 49.7. The van der Waals surface area contributed by atoms with Gasteiger partial charge in [-0.05, 0) is 18.9 Å². The molecule has 0 aromatic heterocycles. The summed E-state index contributed by atoms with van der Waals surface area (Å²) in [6.45, 7) is 6.16. The average molecular weight is 320 g/mol. The summed E-state index contributed by atoms with van der Waals surface area (Å²) in [5, 5.41) is 4.85. The minimum absolute atomic E-state index is 0.148. The number of sulfonamides is 1. The van der Waals surface area contributed by atoms with Gasteiger partial charge in [0, 0.05) is 19.2 Å². The van der Waals surface area contributed by atoms with Crippen LogP contribution < -0.4 is 5.14 Å². The van der Waals surface area contributed by atoms with E-state index in [4.69, 9.17) is 5.14 Å². The molecular weight excluding hydrogens is 302 g/mol. The Morgan fingerprint density at radius 1 is 1.29 bits per heavy atom. The van der Waals surface area contributed by atoms with E-state index < -0.39 is 38.0 Å². The summed E-state index contributed by atoms with van der Waals surface area (Å²) >= 11 is 0. The summed E-state index contributed by atoms with van der Waals surface area (Å²) in [6.07, 6.45) is 0. The van der Waals surface area contributed by atoms with Gasteiger partial charge >= 0.3 is 0 Å². The molecule has 0 atom stereocenters. The van der Waals surface area contributed by atoms with Crippen molar-refractivity contribution < 1.29 is 22.0 Å². The van der Waals surface area contributed by atoms with Gasteiger partial charge < -0.3 is 4.90 Å². The fourth-order valence-corrected chi connectivity index (χ4v) is 2.49. The van der Waals surface area contributed by atoms with Crippen molar-refractivity contribution in [3.8, 4) is 0 Å². The van der Waals surface area contributed by atoms with Crippen LogP contribution in [0, 0.1) is 17.6 Å². The van der Waals surface area contributed by atoms with Crippen molar-refractivity contribution in [2.45, 2.75) is 25.7 Å². The Morgan fingerprint density at radius 2 is 1.86 bits per heavy atom. The van der Waals surface area contributed by atoms with Crippen molar-refractivity contribution in [2.24, 2.45) is 11.1 Å². The highest BCUT2D eigenvalue weighted by molar-refractivity contribution is 7.89. The summed E-state index contributed by atoms with van der Waals surface area (Å²) in [5.41, 5.74) is -0.511. The van der Waals surface area contributed by atoms with E-state index in [1.165, 1.54) is 4.90 Å². The number of rotatable bonds is 5. The lowest BCUT2D eigenvalue weighted by Gasteiger charge is -2.23. The van der Waals surface area contributed by atoms with Crippen LogP contribution in [-0.4, -0.2) is 32.3 Å². The van der Waals surface area contributed by atoms with Crippen molar-refractivity contribution in [1.29, 1.82) is 0 Å². The molecule has 0 aliphatic rings. The first kappa shape index (κ1) is 17.5. The van der Waals surface area contributed by atoms with E-state index in [1.807, 2.05) is 13.8 Å². The van der Waals surface area contributed by atoms with Crippen LogP contribution in [-0.2, 0) is 10.0 Å². The Hall–Kier alpha value is -1.54. The maximum Gasteiger partial charge on any atom is 0.256 e. The molecule has 0 radical (unpaired) electrons. The minimum Gasteiger partial charge on any atom is -0.339 e. The van der Waals surface area contributed by atoms with Gasteiger partial charge in [-0.25, -0.2) is 22.3 Å². The third-order valence-electron chi connectivity index (χ3n) is 2.81. The Bertz CT molecular complexity index is 645.